The largest absolute Gasteiger partial charge is 0.366 e. The molecule has 0 amide bonds. The highest BCUT2D eigenvalue weighted by Crippen LogP contribution is 2.30. The third-order valence-corrected chi connectivity index (χ3v) is 3.15. The van der Waals surface area contributed by atoms with Crippen LogP contribution in [-0.4, -0.2) is 30.1 Å². The maximum Gasteiger partial charge on any atom is 0.168 e. The van der Waals surface area contributed by atoms with Crippen molar-refractivity contribution in [1.82, 2.24) is 10.2 Å². The highest BCUT2D eigenvalue weighted by atomic mass is 32.1. The first-order chi connectivity index (χ1) is 6.42. The first kappa shape index (κ1) is 11.8. The molecule has 3 heteroatoms. The molecule has 0 aliphatic carbocycles. The standard InChI is InChI=1S/C11H22N2S/c1-11(2,3)7-9-5-6-13(8-9)10(14)12-4/h9H,5-8H2,1-4H3,(H,12,14). The summed E-state index contributed by atoms with van der Waals surface area (Å²) in [7, 11) is 1.90. The number of likely N-dealkylation sites (tertiary alicyclic amines) is 1. The van der Waals surface area contributed by atoms with Crippen LogP contribution in [0.2, 0.25) is 0 Å². The fraction of sp³-hybridized carbons (Fsp3) is 0.909. The van der Waals surface area contributed by atoms with Crippen molar-refractivity contribution >= 4 is 17.3 Å². The molecule has 1 N–H and O–H groups in total. The lowest BCUT2D eigenvalue weighted by molar-refractivity contribution is 0.298. The number of hydrogen-bond donors (Lipinski definition) is 1. The van der Waals surface area contributed by atoms with Crippen molar-refractivity contribution in [2.24, 2.45) is 11.3 Å². The summed E-state index contributed by atoms with van der Waals surface area (Å²) in [6.45, 7) is 9.20. The average Bonchev–Trinajstić information content (AvgIpc) is 2.48. The highest BCUT2D eigenvalue weighted by Gasteiger charge is 2.27. The molecule has 1 rings (SSSR count). The second-order valence-corrected chi connectivity index (χ2v) is 5.81. The van der Waals surface area contributed by atoms with E-state index in [1.165, 1.54) is 12.8 Å². The lowest BCUT2D eigenvalue weighted by atomic mass is 9.84. The number of nitrogens with zero attached hydrogens (tertiary/aromatic N) is 1. The SMILES string of the molecule is CNC(=S)N1CCC(CC(C)(C)C)C1. The molecule has 0 bridgehead atoms. The normalized spacial score (nSPS) is 22.6. The molecule has 0 spiro atoms. The number of thiocarbonyl (C=S) groups is 1. The summed E-state index contributed by atoms with van der Waals surface area (Å²) in [6, 6.07) is 0. The molecule has 1 fully saturated rings. The van der Waals surface area contributed by atoms with Crippen LogP contribution in [0.5, 0.6) is 0 Å². The molecule has 0 aromatic rings. The van der Waals surface area contributed by atoms with Crippen molar-refractivity contribution in [2.75, 3.05) is 20.1 Å². The topological polar surface area (TPSA) is 15.3 Å². The molecule has 2 nitrogen and oxygen atoms in total. The summed E-state index contributed by atoms with van der Waals surface area (Å²) in [5, 5.41) is 3.95. The van der Waals surface area contributed by atoms with Gasteiger partial charge in [0.2, 0.25) is 0 Å². The summed E-state index contributed by atoms with van der Waals surface area (Å²) >= 11 is 5.22. The molecule has 1 unspecified atom stereocenters. The van der Waals surface area contributed by atoms with Gasteiger partial charge in [0.25, 0.3) is 0 Å². The van der Waals surface area contributed by atoms with E-state index in [9.17, 15) is 0 Å². The Labute approximate surface area is 93.1 Å². The number of nitrogens with one attached hydrogen (secondary N) is 1. The molecule has 14 heavy (non-hydrogen) atoms. The van der Waals surface area contributed by atoms with E-state index in [1.54, 1.807) is 0 Å². The summed E-state index contributed by atoms with van der Waals surface area (Å²) in [4.78, 5) is 2.28. The Hall–Kier alpha value is -0.310. The smallest absolute Gasteiger partial charge is 0.168 e. The van der Waals surface area contributed by atoms with Gasteiger partial charge in [0.05, 0.1) is 0 Å². The third-order valence-electron chi connectivity index (χ3n) is 2.69. The molecule has 0 saturated carbocycles. The maximum atomic E-state index is 5.22. The molecular weight excluding hydrogens is 192 g/mol. The van der Waals surface area contributed by atoms with Crippen molar-refractivity contribution in [3.05, 3.63) is 0 Å². The van der Waals surface area contributed by atoms with Gasteiger partial charge in [0.1, 0.15) is 0 Å². The fourth-order valence-corrected chi connectivity index (χ4v) is 2.37. The van der Waals surface area contributed by atoms with Crippen LogP contribution >= 0.6 is 12.2 Å². The first-order valence-corrected chi connectivity index (χ1v) is 5.80. The molecule has 0 aromatic carbocycles. The highest BCUT2D eigenvalue weighted by molar-refractivity contribution is 7.80. The van der Waals surface area contributed by atoms with E-state index in [2.05, 4.69) is 31.0 Å². The van der Waals surface area contributed by atoms with Crippen LogP contribution in [-0.2, 0) is 0 Å². The van der Waals surface area contributed by atoms with E-state index in [4.69, 9.17) is 12.2 Å². The lowest BCUT2D eigenvalue weighted by Gasteiger charge is -2.23. The molecule has 82 valence electrons. The minimum Gasteiger partial charge on any atom is -0.366 e. The van der Waals surface area contributed by atoms with E-state index in [-0.39, 0.29) is 0 Å². The minimum atomic E-state index is 0.446. The summed E-state index contributed by atoms with van der Waals surface area (Å²) < 4.78 is 0. The van der Waals surface area contributed by atoms with Gasteiger partial charge in [0.15, 0.2) is 5.11 Å². The van der Waals surface area contributed by atoms with Crippen LogP contribution in [0.15, 0.2) is 0 Å². The molecule has 0 aromatic heterocycles. The lowest BCUT2D eigenvalue weighted by Crippen LogP contribution is -2.36. The Kier molecular flexibility index (Phi) is 3.76. The molecule has 1 heterocycles. The molecular formula is C11H22N2S. The van der Waals surface area contributed by atoms with Gasteiger partial charge in [-0.05, 0) is 36.4 Å². The van der Waals surface area contributed by atoms with Gasteiger partial charge >= 0.3 is 0 Å². The maximum absolute atomic E-state index is 5.22. The second-order valence-electron chi connectivity index (χ2n) is 5.42. The van der Waals surface area contributed by atoms with E-state index in [0.29, 0.717) is 5.41 Å². The Morgan fingerprint density at radius 3 is 2.64 bits per heavy atom. The summed E-state index contributed by atoms with van der Waals surface area (Å²) in [5.74, 6) is 0.821. The zero-order valence-electron chi connectivity index (χ0n) is 9.76. The quantitative estimate of drug-likeness (QED) is 0.674. The zero-order chi connectivity index (χ0) is 10.8. The van der Waals surface area contributed by atoms with Gasteiger partial charge in [0, 0.05) is 20.1 Å². The Morgan fingerprint density at radius 1 is 1.50 bits per heavy atom. The van der Waals surface area contributed by atoms with Crippen LogP contribution in [0.4, 0.5) is 0 Å². The van der Waals surface area contributed by atoms with E-state index < -0.39 is 0 Å². The summed E-state index contributed by atoms with van der Waals surface area (Å²) in [6.07, 6.45) is 2.59. The van der Waals surface area contributed by atoms with Gasteiger partial charge in [-0.3, -0.25) is 0 Å². The predicted octanol–water partition coefficient (Wildman–Crippen LogP) is 2.25. The van der Waals surface area contributed by atoms with Crippen LogP contribution < -0.4 is 5.32 Å². The van der Waals surface area contributed by atoms with E-state index >= 15 is 0 Å². The zero-order valence-corrected chi connectivity index (χ0v) is 10.6. The molecule has 1 saturated heterocycles. The predicted molar refractivity (Wildman–Crippen MR) is 65.4 cm³/mol. The van der Waals surface area contributed by atoms with Crippen molar-refractivity contribution in [2.45, 2.75) is 33.6 Å². The van der Waals surface area contributed by atoms with E-state index in [0.717, 1.165) is 24.1 Å². The van der Waals surface area contributed by atoms with Gasteiger partial charge in [-0.1, -0.05) is 20.8 Å². The van der Waals surface area contributed by atoms with Gasteiger partial charge in [-0.15, -0.1) is 0 Å². The second kappa shape index (κ2) is 4.47. The van der Waals surface area contributed by atoms with Crippen molar-refractivity contribution < 1.29 is 0 Å². The molecule has 0 radical (unpaired) electrons. The number of rotatable bonds is 1. The first-order valence-electron chi connectivity index (χ1n) is 5.39. The minimum absolute atomic E-state index is 0.446. The van der Waals surface area contributed by atoms with Crippen molar-refractivity contribution in [3.8, 4) is 0 Å². The van der Waals surface area contributed by atoms with Gasteiger partial charge < -0.3 is 10.2 Å². The monoisotopic (exact) mass is 214 g/mol. The van der Waals surface area contributed by atoms with E-state index in [1.807, 2.05) is 7.05 Å². The third kappa shape index (κ3) is 3.45. The summed E-state index contributed by atoms with van der Waals surface area (Å²) in [5.41, 5.74) is 0.446. The van der Waals surface area contributed by atoms with Crippen LogP contribution in [0, 0.1) is 11.3 Å². The van der Waals surface area contributed by atoms with Crippen molar-refractivity contribution in [3.63, 3.8) is 0 Å². The van der Waals surface area contributed by atoms with Crippen molar-refractivity contribution in [1.29, 1.82) is 0 Å². The molecule has 1 aliphatic heterocycles. The van der Waals surface area contributed by atoms with Gasteiger partial charge in [-0.2, -0.15) is 0 Å². The number of hydrogen-bond acceptors (Lipinski definition) is 1. The van der Waals surface area contributed by atoms with Gasteiger partial charge in [-0.25, -0.2) is 0 Å². The average molecular weight is 214 g/mol. The molecule has 1 aliphatic rings. The molecule has 1 atom stereocenters. The van der Waals surface area contributed by atoms with Crippen LogP contribution in [0.1, 0.15) is 33.6 Å². The Morgan fingerprint density at radius 2 is 2.14 bits per heavy atom. The fourth-order valence-electron chi connectivity index (χ4n) is 2.21. The Balaban J connectivity index is 2.38. The Bertz CT molecular complexity index is 208. The van der Waals surface area contributed by atoms with Crippen LogP contribution in [0.3, 0.4) is 0 Å². The van der Waals surface area contributed by atoms with Crippen LogP contribution in [0.25, 0.3) is 0 Å².